The Morgan fingerprint density at radius 1 is 1.45 bits per heavy atom. The number of nitrogens with one attached hydrogen (secondary N) is 1. The molecule has 0 bridgehead atoms. The Labute approximate surface area is 147 Å². The van der Waals surface area contributed by atoms with Crippen LogP contribution in [0.3, 0.4) is 0 Å². The predicted molar refractivity (Wildman–Crippen MR) is 91.8 cm³/mol. The maximum Gasteiger partial charge on any atom is 0.342 e. The number of hydrogen-bond donors (Lipinski definition) is 1. The lowest BCUT2D eigenvalue weighted by Crippen LogP contribution is -2.24. The average Bonchev–Trinajstić information content (AvgIpc) is 2.52. The van der Waals surface area contributed by atoms with Crippen LogP contribution in [0.4, 0.5) is 0 Å². The second kappa shape index (κ2) is 8.63. The Morgan fingerprint density at radius 2 is 2.14 bits per heavy atom. The van der Waals surface area contributed by atoms with Gasteiger partial charge >= 0.3 is 12.6 Å². The van der Waals surface area contributed by atoms with Crippen LogP contribution < -0.4 is 9.61 Å². The lowest BCUT2D eigenvalue weighted by atomic mass is 10.2. The van der Waals surface area contributed by atoms with Crippen molar-refractivity contribution in [2.75, 3.05) is 6.61 Å². The fourth-order valence-electron chi connectivity index (χ4n) is 1.51. The van der Waals surface area contributed by atoms with E-state index in [9.17, 15) is 4.79 Å². The fraction of sp³-hybridized carbons (Fsp3) is 0.533. The Bertz CT molecular complexity index is 756. The maximum absolute atomic E-state index is 12.3. The quantitative estimate of drug-likeness (QED) is 0.566. The van der Waals surface area contributed by atoms with Crippen LogP contribution in [0.15, 0.2) is 24.3 Å². The average molecular weight is 352 g/mol. The summed E-state index contributed by atoms with van der Waals surface area (Å²) in [5.74, 6) is -0.793. The molecule has 1 atom stereocenters. The SMILES string of the molecule is [2H]C([2H])([2H])C([2H])(NP(=S)(OCC)Oc1ccccc1C(=O)OC(C)C)C([2H])([2H])[2H]. The molecule has 0 aromatic heterocycles. The summed E-state index contributed by atoms with van der Waals surface area (Å²) < 4.78 is 69.4. The molecule has 7 heteroatoms. The smallest absolute Gasteiger partial charge is 0.342 e. The number of carbonyl (C=O) groups is 1. The number of carbonyl (C=O) groups excluding carboxylic acids is 1. The van der Waals surface area contributed by atoms with E-state index in [1.165, 1.54) is 18.2 Å². The standard InChI is InChI=1S/C15H24NO4PS/c1-6-18-21(22,16-11(2)3)20-14-10-8-7-9-13(14)15(17)19-12(4)5/h7-12H,6H2,1-5H3,(H,16,22)/i2D3,3D3,11D. The summed E-state index contributed by atoms with van der Waals surface area (Å²) >= 11 is 5.29. The maximum atomic E-state index is 12.3. The van der Waals surface area contributed by atoms with Crippen LogP contribution in [0.25, 0.3) is 0 Å². The van der Waals surface area contributed by atoms with Crippen LogP contribution in [0.2, 0.25) is 0 Å². The lowest BCUT2D eigenvalue weighted by molar-refractivity contribution is 0.0376. The van der Waals surface area contributed by atoms with Crippen molar-refractivity contribution in [2.45, 2.75) is 46.6 Å². The van der Waals surface area contributed by atoms with Crippen LogP contribution in [0, 0.1) is 0 Å². The highest BCUT2D eigenvalue weighted by Gasteiger charge is 2.24. The molecule has 0 aliphatic carbocycles. The molecule has 0 aliphatic heterocycles. The van der Waals surface area contributed by atoms with Gasteiger partial charge < -0.3 is 13.8 Å². The van der Waals surface area contributed by atoms with Gasteiger partial charge in [0.2, 0.25) is 0 Å². The van der Waals surface area contributed by atoms with Gasteiger partial charge in [0.05, 0.1) is 12.7 Å². The first-order chi connectivity index (χ1) is 13.1. The van der Waals surface area contributed by atoms with E-state index in [2.05, 4.69) is 5.09 Å². The highest BCUT2D eigenvalue weighted by molar-refractivity contribution is 8.09. The van der Waals surface area contributed by atoms with Gasteiger partial charge in [-0.3, -0.25) is 0 Å². The second-order valence-corrected chi connectivity index (χ2v) is 7.55. The molecule has 22 heavy (non-hydrogen) atoms. The van der Waals surface area contributed by atoms with E-state index in [1.807, 2.05) is 0 Å². The van der Waals surface area contributed by atoms with Gasteiger partial charge in [-0.25, -0.2) is 9.88 Å². The van der Waals surface area contributed by atoms with Crippen LogP contribution in [-0.2, 0) is 21.1 Å². The molecule has 0 spiro atoms. The number of rotatable bonds is 8. The van der Waals surface area contributed by atoms with Gasteiger partial charge in [0.15, 0.2) is 0 Å². The van der Waals surface area contributed by atoms with Crippen molar-refractivity contribution in [1.82, 2.24) is 5.09 Å². The first-order valence-electron chi connectivity index (χ1n) is 10.1. The van der Waals surface area contributed by atoms with Crippen LogP contribution in [0.5, 0.6) is 5.75 Å². The minimum atomic E-state index is -3.89. The van der Waals surface area contributed by atoms with Gasteiger partial charge in [0, 0.05) is 15.6 Å². The molecule has 0 amide bonds. The zero-order valence-corrected chi connectivity index (χ0v) is 14.3. The van der Waals surface area contributed by atoms with Gasteiger partial charge in [-0.2, -0.15) is 0 Å². The predicted octanol–water partition coefficient (Wildman–Crippen LogP) is 3.89. The number of benzene rings is 1. The van der Waals surface area contributed by atoms with E-state index in [4.69, 9.17) is 35.2 Å². The minimum Gasteiger partial charge on any atom is -0.459 e. The number of ether oxygens (including phenoxy) is 1. The number of hydrogen-bond acceptors (Lipinski definition) is 5. The molecule has 1 aromatic rings. The molecular formula is C15H24NO4PS. The van der Waals surface area contributed by atoms with Crippen molar-refractivity contribution in [3.8, 4) is 5.75 Å². The summed E-state index contributed by atoms with van der Waals surface area (Å²) in [6.07, 6.45) is -0.407. The molecular weight excluding hydrogens is 321 g/mol. The Morgan fingerprint density at radius 3 is 2.73 bits per heavy atom. The van der Waals surface area contributed by atoms with E-state index >= 15 is 0 Å². The third kappa shape index (κ3) is 6.05. The first-order valence-corrected chi connectivity index (χ1v) is 9.24. The molecule has 1 rings (SSSR count). The van der Waals surface area contributed by atoms with Crippen molar-refractivity contribution in [2.24, 2.45) is 0 Å². The van der Waals surface area contributed by atoms with Crippen molar-refractivity contribution >= 4 is 24.4 Å². The second-order valence-electron chi connectivity index (χ2n) is 4.44. The summed E-state index contributed by atoms with van der Waals surface area (Å²) in [5, 5.41) is 2.11. The topological polar surface area (TPSA) is 56.8 Å². The fourth-order valence-corrected chi connectivity index (χ4v) is 3.54. The number of esters is 1. The lowest BCUT2D eigenvalue weighted by Gasteiger charge is -2.26. The van der Waals surface area contributed by atoms with Crippen LogP contribution in [-0.4, -0.2) is 24.7 Å². The largest absolute Gasteiger partial charge is 0.459 e. The van der Waals surface area contributed by atoms with Crippen molar-refractivity contribution in [3.05, 3.63) is 29.8 Å². The Balaban J connectivity index is 3.38. The number of para-hydroxylation sites is 1. The summed E-state index contributed by atoms with van der Waals surface area (Å²) in [7, 11) is 0. The van der Waals surface area contributed by atoms with Gasteiger partial charge in [-0.1, -0.05) is 12.1 Å². The van der Waals surface area contributed by atoms with Crippen molar-refractivity contribution < 1.29 is 28.2 Å². The van der Waals surface area contributed by atoms with Gasteiger partial charge in [-0.05, 0) is 58.4 Å². The van der Waals surface area contributed by atoms with E-state index in [0.29, 0.717) is 0 Å². The summed E-state index contributed by atoms with van der Waals surface area (Å²) in [4.78, 5) is 12.3. The van der Waals surface area contributed by atoms with Gasteiger partial charge in [0.25, 0.3) is 0 Å². The third-order valence-corrected chi connectivity index (χ3v) is 4.56. The van der Waals surface area contributed by atoms with Crippen LogP contribution in [0.1, 0.15) is 54.4 Å². The molecule has 0 fully saturated rings. The van der Waals surface area contributed by atoms with Crippen LogP contribution >= 0.6 is 6.64 Å². The van der Waals surface area contributed by atoms with E-state index < -0.39 is 38.4 Å². The normalized spacial score (nSPS) is 20.3. The Hall–Kier alpha value is -0.940. The highest BCUT2D eigenvalue weighted by Crippen LogP contribution is 2.46. The van der Waals surface area contributed by atoms with Gasteiger partial charge in [-0.15, -0.1) is 0 Å². The molecule has 0 radical (unpaired) electrons. The highest BCUT2D eigenvalue weighted by atomic mass is 32.5. The Kier molecular flexibility index (Phi) is 4.22. The molecule has 0 heterocycles. The monoisotopic (exact) mass is 352 g/mol. The molecule has 0 saturated heterocycles. The molecule has 1 unspecified atom stereocenters. The summed E-state index contributed by atoms with van der Waals surface area (Å²) in [6, 6.07) is 2.73. The van der Waals surface area contributed by atoms with E-state index in [1.54, 1.807) is 26.8 Å². The molecule has 124 valence electrons. The zero-order chi connectivity index (χ0) is 22.7. The van der Waals surface area contributed by atoms with Crippen molar-refractivity contribution in [3.63, 3.8) is 0 Å². The molecule has 1 aromatic carbocycles. The van der Waals surface area contributed by atoms with Crippen molar-refractivity contribution in [1.29, 1.82) is 0 Å². The van der Waals surface area contributed by atoms with Gasteiger partial charge in [0.1, 0.15) is 11.3 Å². The van der Waals surface area contributed by atoms with E-state index in [-0.39, 0.29) is 17.9 Å². The first kappa shape index (κ1) is 10.8. The molecule has 0 saturated carbocycles. The molecule has 1 N–H and O–H groups in total. The zero-order valence-electron chi connectivity index (χ0n) is 19.6. The summed E-state index contributed by atoms with van der Waals surface area (Å²) in [5.41, 5.74) is -0.00437. The summed E-state index contributed by atoms with van der Waals surface area (Å²) in [6.45, 7) is -5.64. The molecule has 0 aliphatic rings. The van der Waals surface area contributed by atoms with E-state index in [0.717, 1.165) is 0 Å². The molecule has 5 nitrogen and oxygen atoms in total. The minimum absolute atomic E-state index is 0.00437. The third-order valence-electron chi connectivity index (χ3n) is 2.22.